The summed E-state index contributed by atoms with van der Waals surface area (Å²) >= 11 is 0. The number of nitrogens with one attached hydrogen (secondary N) is 2. The second kappa shape index (κ2) is 8.06. The van der Waals surface area contributed by atoms with Crippen molar-refractivity contribution in [3.63, 3.8) is 0 Å². The SMILES string of the molecule is CC(=O)N/C(=C\c1ccccc1C)C(=O)Nc1ccc(C(C)=O)cc1. The van der Waals surface area contributed by atoms with Gasteiger partial charge in [-0.25, -0.2) is 0 Å². The third kappa shape index (κ3) is 5.14. The molecule has 0 aliphatic rings. The molecule has 5 nitrogen and oxygen atoms in total. The van der Waals surface area contributed by atoms with Crippen molar-refractivity contribution in [3.8, 4) is 0 Å². The highest BCUT2D eigenvalue weighted by Crippen LogP contribution is 2.14. The van der Waals surface area contributed by atoms with Gasteiger partial charge in [-0.05, 0) is 55.3 Å². The highest BCUT2D eigenvalue weighted by molar-refractivity contribution is 6.08. The summed E-state index contributed by atoms with van der Waals surface area (Å²) < 4.78 is 0. The summed E-state index contributed by atoms with van der Waals surface area (Å²) in [7, 11) is 0. The smallest absolute Gasteiger partial charge is 0.272 e. The zero-order valence-electron chi connectivity index (χ0n) is 14.4. The van der Waals surface area contributed by atoms with Crippen molar-refractivity contribution in [2.45, 2.75) is 20.8 Å². The Balaban J connectivity index is 2.25. The normalized spacial score (nSPS) is 10.9. The first kappa shape index (κ1) is 18.1. The number of rotatable bonds is 5. The van der Waals surface area contributed by atoms with Gasteiger partial charge in [-0.15, -0.1) is 0 Å². The summed E-state index contributed by atoms with van der Waals surface area (Å²) in [6, 6.07) is 14.1. The molecule has 0 saturated heterocycles. The van der Waals surface area contributed by atoms with Gasteiger partial charge in [0, 0.05) is 18.2 Å². The molecule has 2 N–H and O–H groups in total. The molecule has 2 aromatic carbocycles. The van der Waals surface area contributed by atoms with Crippen molar-refractivity contribution in [2.24, 2.45) is 0 Å². The molecule has 0 fully saturated rings. The van der Waals surface area contributed by atoms with E-state index in [4.69, 9.17) is 0 Å². The third-order valence-corrected chi connectivity index (χ3v) is 3.59. The largest absolute Gasteiger partial charge is 0.322 e. The van der Waals surface area contributed by atoms with Gasteiger partial charge in [-0.2, -0.15) is 0 Å². The number of Topliss-reactive ketones (excluding diaryl/α,β-unsaturated/α-hetero) is 1. The fourth-order valence-electron chi connectivity index (χ4n) is 2.24. The molecule has 5 heteroatoms. The van der Waals surface area contributed by atoms with Crippen LogP contribution < -0.4 is 10.6 Å². The number of benzene rings is 2. The summed E-state index contributed by atoms with van der Waals surface area (Å²) in [6.45, 7) is 4.75. The molecule has 0 aromatic heterocycles. The average Bonchev–Trinajstić information content (AvgIpc) is 2.56. The van der Waals surface area contributed by atoms with Gasteiger partial charge in [0.15, 0.2) is 5.78 Å². The predicted octanol–water partition coefficient (Wildman–Crippen LogP) is 3.31. The number of aryl methyl sites for hydroxylation is 1. The predicted molar refractivity (Wildman–Crippen MR) is 98.0 cm³/mol. The zero-order valence-corrected chi connectivity index (χ0v) is 14.4. The van der Waals surface area contributed by atoms with Crippen LogP contribution in [0.25, 0.3) is 6.08 Å². The van der Waals surface area contributed by atoms with Crippen molar-refractivity contribution >= 4 is 29.4 Å². The standard InChI is InChI=1S/C20H20N2O3/c1-13-6-4-5-7-17(13)12-19(21-15(3)24)20(25)22-18-10-8-16(9-11-18)14(2)23/h4-12H,1-3H3,(H,21,24)(H,22,25)/b19-12-. The van der Waals surface area contributed by atoms with E-state index < -0.39 is 5.91 Å². The van der Waals surface area contributed by atoms with Crippen molar-refractivity contribution in [3.05, 3.63) is 70.9 Å². The van der Waals surface area contributed by atoms with Crippen LogP contribution in [0.4, 0.5) is 5.69 Å². The lowest BCUT2D eigenvalue weighted by molar-refractivity contribution is -0.120. The minimum absolute atomic E-state index is 0.0451. The second-order valence-electron chi connectivity index (χ2n) is 5.68. The van der Waals surface area contributed by atoms with Gasteiger partial charge < -0.3 is 10.6 Å². The fourth-order valence-corrected chi connectivity index (χ4v) is 2.24. The summed E-state index contributed by atoms with van der Waals surface area (Å²) in [5.41, 5.74) is 3.08. The lowest BCUT2D eigenvalue weighted by Crippen LogP contribution is -2.29. The monoisotopic (exact) mass is 336 g/mol. The van der Waals surface area contributed by atoms with E-state index in [1.54, 1.807) is 30.3 Å². The molecule has 0 atom stereocenters. The summed E-state index contributed by atoms with van der Waals surface area (Å²) in [4.78, 5) is 35.3. The summed E-state index contributed by atoms with van der Waals surface area (Å²) in [5.74, 6) is -0.813. The van der Waals surface area contributed by atoms with Gasteiger partial charge in [0.05, 0.1) is 0 Å². The van der Waals surface area contributed by atoms with Crippen LogP contribution in [-0.4, -0.2) is 17.6 Å². The van der Waals surface area contributed by atoms with E-state index in [1.807, 2.05) is 31.2 Å². The lowest BCUT2D eigenvalue weighted by Gasteiger charge is -2.11. The van der Waals surface area contributed by atoms with Crippen LogP contribution in [0.2, 0.25) is 0 Å². The molecular formula is C20H20N2O3. The first-order valence-electron chi connectivity index (χ1n) is 7.84. The van der Waals surface area contributed by atoms with E-state index in [9.17, 15) is 14.4 Å². The Morgan fingerprint density at radius 1 is 0.920 bits per heavy atom. The molecule has 2 aromatic rings. The van der Waals surface area contributed by atoms with E-state index in [0.29, 0.717) is 11.3 Å². The Hall–Kier alpha value is -3.21. The highest BCUT2D eigenvalue weighted by Gasteiger charge is 2.12. The minimum Gasteiger partial charge on any atom is -0.322 e. The van der Waals surface area contributed by atoms with Gasteiger partial charge in [0.25, 0.3) is 5.91 Å². The van der Waals surface area contributed by atoms with Gasteiger partial charge in [0.2, 0.25) is 5.91 Å². The third-order valence-electron chi connectivity index (χ3n) is 3.59. The molecule has 0 radical (unpaired) electrons. The van der Waals surface area contributed by atoms with E-state index >= 15 is 0 Å². The first-order chi connectivity index (χ1) is 11.9. The number of anilines is 1. The highest BCUT2D eigenvalue weighted by atomic mass is 16.2. The lowest BCUT2D eigenvalue weighted by atomic mass is 10.1. The molecule has 0 unspecified atom stereocenters. The maximum Gasteiger partial charge on any atom is 0.272 e. The van der Waals surface area contributed by atoms with E-state index in [0.717, 1.165) is 11.1 Å². The van der Waals surface area contributed by atoms with Crippen LogP contribution >= 0.6 is 0 Å². The Labute approximate surface area is 146 Å². The van der Waals surface area contributed by atoms with Crippen molar-refractivity contribution in [1.29, 1.82) is 0 Å². The molecule has 25 heavy (non-hydrogen) atoms. The number of carbonyl (C=O) groups excluding carboxylic acids is 3. The Bertz CT molecular complexity index is 836. The molecule has 0 saturated carbocycles. The van der Waals surface area contributed by atoms with Crippen molar-refractivity contribution in [2.75, 3.05) is 5.32 Å². The van der Waals surface area contributed by atoms with Gasteiger partial charge in [-0.3, -0.25) is 14.4 Å². The van der Waals surface area contributed by atoms with E-state index in [2.05, 4.69) is 10.6 Å². The summed E-state index contributed by atoms with van der Waals surface area (Å²) in [6.07, 6.45) is 1.63. The summed E-state index contributed by atoms with van der Waals surface area (Å²) in [5, 5.41) is 5.28. The molecule has 2 rings (SSSR count). The number of hydrogen-bond donors (Lipinski definition) is 2. The van der Waals surface area contributed by atoms with Crippen molar-refractivity contribution < 1.29 is 14.4 Å². The van der Waals surface area contributed by atoms with Crippen molar-refractivity contribution in [1.82, 2.24) is 5.32 Å². The number of carbonyl (C=O) groups is 3. The van der Waals surface area contributed by atoms with Crippen LogP contribution in [-0.2, 0) is 9.59 Å². The molecule has 0 bridgehead atoms. The number of amides is 2. The Morgan fingerprint density at radius 3 is 2.12 bits per heavy atom. The Kier molecular flexibility index (Phi) is 5.84. The van der Waals surface area contributed by atoms with Gasteiger partial charge in [-0.1, -0.05) is 24.3 Å². The second-order valence-corrected chi connectivity index (χ2v) is 5.68. The van der Waals surface area contributed by atoms with E-state index in [1.165, 1.54) is 13.8 Å². The molecule has 0 aliphatic heterocycles. The maximum absolute atomic E-state index is 12.5. The molecule has 128 valence electrons. The van der Waals surface area contributed by atoms with Crippen LogP contribution in [0.3, 0.4) is 0 Å². The van der Waals surface area contributed by atoms with Crippen LogP contribution in [0, 0.1) is 6.92 Å². The first-order valence-corrected chi connectivity index (χ1v) is 7.84. The molecular weight excluding hydrogens is 316 g/mol. The molecule has 0 spiro atoms. The van der Waals surface area contributed by atoms with E-state index in [-0.39, 0.29) is 17.4 Å². The van der Waals surface area contributed by atoms with Crippen LogP contribution in [0.1, 0.15) is 35.3 Å². The Morgan fingerprint density at radius 2 is 1.56 bits per heavy atom. The molecule has 0 heterocycles. The number of hydrogen-bond acceptors (Lipinski definition) is 3. The zero-order chi connectivity index (χ0) is 18.4. The molecule has 0 aliphatic carbocycles. The maximum atomic E-state index is 12.5. The average molecular weight is 336 g/mol. The minimum atomic E-state index is -0.436. The topological polar surface area (TPSA) is 75.3 Å². The van der Waals surface area contributed by atoms with Gasteiger partial charge in [0.1, 0.15) is 5.70 Å². The van der Waals surface area contributed by atoms with Gasteiger partial charge >= 0.3 is 0 Å². The fraction of sp³-hybridized carbons (Fsp3) is 0.150. The van der Waals surface area contributed by atoms with Crippen LogP contribution in [0.5, 0.6) is 0 Å². The van der Waals surface area contributed by atoms with Crippen LogP contribution in [0.15, 0.2) is 54.2 Å². The molecule has 2 amide bonds. The quantitative estimate of drug-likeness (QED) is 0.650. The number of ketones is 1.